The first-order chi connectivity index (χ1) is 11.2. The number of aliphatic imine (C=N–C) groups is 1. The van der Waals surface area contributed by atoms with Gasteiger partial charge < -0.3 is 20.1 Å². The van der Waals surface area contributed by atoms with Crippen LogP contribution in [0.3, 0.4) is 0 Å². The predicted octanol–water partition coefficient (Wildman–Crippen LogP) is 2.57. The molecule has 0 amide bonds. The highest BCUT2D eigenvalue weighted by atomic mass is 127. The molecule has 2 N–H and O–H groups in total. The molecular weight excluding hydrogens is 439 g/mol. The van der Waals surface area contributed by atoms with E-state index < -0.39 is 0 Å². The fourth-order valence-electron chi connectivity index (χ4n) is 2.25. The van der Waals surface area contributed by atoms with E-state index in [1.807, 2.05) is 37.4 Å². The van der Waals surface area contributed by atoms with Gasteiger partial charge in [-0.1, -0.05) is 12.1 Å². The van der Waals surface area contributed by atoms with Crippen molar-refractivity contribution in [2.75, 3.05) is 20.2 Å². The van der Waals surface area contributed by atoms with Crippen LogP contribution in [0.2, 0.25) is 0 Å². The Hall–Kier alpha value is -1.55. The van der Waals surface area contributed by atoms with Crippen molar-refractivity contribution in [3.8, 4) is 11.5 Å². The lowest BCUT2D eigenvalue weighted by molar-refractivity contribution is 0.0936. The van der Waals surface area contributed by atoms with E-state index in [9.17, 15) is 0 Å². The van der Waals surface area contributed by atoms with E-state index in [2.05, 4.69) is 20.6 Å². The summed E-state index contributed by atoms with van der Waals surface area (Å²) in [6, 6.07) is 7.71. The molecule has 0 radical (unpaired) electrons. The number of nitrogens with one attached hydrogen (secondary N) is 2. The summed E-state index contributed by atoms with van der Waals surface area (Å²) in [6.45, 7) is 3.85. The number of aryl methyl sites for hydroxylation is 1. The van der Waals surface area contributed by atoms with Crippen molar-refractivity contribution in [2.45, 2.75) is 19.6 Å². The first-order valence-corrected chi connectivity index (χ1v) is 8.30. The Morgan fingerprint density at radius 3 is 2.83 bits per heavy atom. The van der Waals surface area contributed by atoms with Crippen LogP contribution in [-0.4, -0.2) is 37.2 Å². The van der Waals surface area contributed by atoms with Crippen LogP contribution in [0, 0.1) is 6.92 Å². The molecular formula is C16H21IN4O2S. The van der Waals surface area contributed by atoms with Crippen LogP contribution < -0.4 is 20.1 Å². The number of aromatic nitrogens is 1. The van der Waals surface area contributed by atoms with E-state index in [0.29, 0.717) is 19.7 Å². The maximum Gasteiger partial charge on any atom is 0.191 e. The molecule has 1 unspecified atom stereocenters. The Bertz CT molecular complexity index is 692. The second-order valence-electron chi connectivity index (χ2n) is 5.15. The van der Waals surface area contributed by atoms with Gasteiger partial charge in [-0.2, -0.15) is 0 Å². The summed E-state index contributed by atoms with van der Waals surface area (Å²) in [7, 11) is 1.75. The third kappa shape index (κ3) is 4.97. The zero-order chi connectivity index (χ0) is 16.1. The Morgan fingerprint density at radius 1 is 1.33 bits per heavy atom. The summed E-state index contributed by atoms with van der Waals surface area (Å²) in [6.07, 6.45) is 1.84. The van der Waals surface area contributed by atoms with Gasteiger partial charge in [0, 0.05) is 18.1 Å². The molecule has 130 valence electrons. The van der Waals surface area contributed by atoms with Crippen molar-refractivity contribution < 1.29 is 9.47 Å². The van der Waals surface area contributed by atoms with Gasteiger partial charge in [0.25, 0.3) is 0 Å². The monoisotopic (exact) mass is 460 g/mol. The smallest absolute Gasteiger partial charge is 0.191 e. The largest absolute Gasteiger partial charge is 0.486 e. The number of ether oxygens (including phenoxy) is 2. The number of thiazole rings is 1. The van der Waals surface area contributed by atoms with Crippen LogP contribution in [0.15, 0.2) is 35.5 Å². The molecule has 0 saturated heterocycles. The van der Waals surface area contributed by atoms with E-state index in [1.54, 1.807) is 18.4 Å². The summed E-state index contributed by atoms with van der Waals surface area (Å²) in [5.74, 6) is 2.32. The summed E-state index contributed by atoms with van der Waals surface area (Å²) >= 11 is 1.68. The molecule has 3 rings (SSSR count). The maximum atomic E-state index is 5.91. The first kappa shape index (κ1) is 18.8. The first-order valence-electron chi connectivity index (χ1n) is 7.49. The number of nitrogens with zero attached hydrogens (tertiary/aromatic N) is 2. The zero-order valence-electron chi connectivity index (χ0n) is 13.6. The van der Waals surface area contributed by atoms with Crippen molar-refractivity contribution in [1.82, 2.24) is 15.6 Å². The number of hydrogen-bond donors (Lipinski definition) is 2. The topological polar surface area (TPSA) is 67.8 Å². The Kier molecular flexibility index (Phi) is 7.10. The third-order valence-electron chi connectivity index (χ3n) is 3.39. The molecule has 1 atom stereocenters. The third-order valence-corrected chi connectivity index (χ3v) is 4.30. The molecule has 1 aliphatic heterocycles. The molecule has 1 aliphatic rings. The van der Waals surface area contributed by atoms with Crippen LogP contribution in [0.25, 0.3) is 0 Å². The second kappa shape index (κ2) is 9.07. The Morgan fingerprint density at radius 2 is 2.12 bits per heavy atom. The molecule has 6 nitrogen and oxygen atoms in total. The highest BCUT2D eigenvalue weighted by Crippen LogP contribution is 2.30. The minimum Gasteiger partial charge on any atom is -0.486 e. The van der Waals surface area contributed by atoms with Crippen LogP contribution in [0.4, 0.5) is 0 Å². The lowest BCUT2D eigenvalue weighted by Crippen LogP contribution is -2.45. The van der Waals surface area contributed by atoms with Gasteiger partial charge in [0.2, 0.25) is 0 Å². The normalized spacial score (nSPS) is 16.2. The van der Waals surface area contributed by atoms with E-state index in [0.717, 1.165) is 22.5 Å². The minimum atomic E-state index is -0.0471. The van der Waals surface area contributed by atoms with Crippen molar-refractivity contribution >= 4 is 41.3 Å². The molecule has 1 aromatic heterocycles. The van der Waals surface area contributed by atoms with Crippen LogP contribution in [0.1, 0.15) is 9.88 Å². The summed E-state index contributed by atoms with van der Waals surface area (Å²) in [4.78, 5) is 9.64. The van der Waals surface area contributed by atoms with Gasteiger partial charge >= 0.3 is 0 Å². The molecule has 0 bridgehead atoms. The number of benzene rings is 1. The Balaban J connectivity index is 0.00000208. The van der Waals surface area contributed by atoms with Crippen molar-refractivity contribution in [1.29, 1.82) is 0 Å². The fraction of sp³-hybridized carbons (Fsp3) is 0.375. The number of hydrogen-bond acceptors (Lipinski definition) is 5. The van der Waals surface area contributed by atoms with Crippen molar-refractivity contribution in [2.24, 2.45) is 4.99 Å². The van der Waals surface area contributed by atoms with Gasteiger partial charge in [0.05, 0.1) is 18.1 Å². The van der Waals surface area contributed by atoms with Crippen LogP contribution in [-0.2, 0) is 6.54 Å². The van der Waals surface area contributed by atoms with Crippen LogP contribution >= 0.6 is 35.3 Å². The summed E-state index contributed by atoms with van der Waals surface area (Å²) < 4.78 is 11.6. The SMILES string of the molecule is CN=C(NCc1cnc(C)s1)NCC1COc2ccccc2O1.I. The molecule has 0 fully saturated rings. The van der Waals surface area contributed by atoms with E-state index >= 15 is 0 Å². The summed E-state index contributed by atoms with van der Waals surface area (Å²) in [5.41, 5.74) is 0. The minimum absolute atomic E-state index is 0. The molecule has 24 heavy (non-hydrogen) atoms. The number of fused-ring (bicyclic) bond motifs is 1. The van der Waals surface area contributed by atoms with Crippen molar-refractivity contribution in [3.05, 3.63) is 40.3 Å². The highest BCUT2D eigenvalue weighted by molar-refractivity contribution is 14.0. The molecule has 2 heterocycles. The fourth-order valence-corrected chi connectivity index (χ4v) is 2.99. The van der Waals surface area contributed by atoms with Crippen LogP contribution in [0.5, 0.6) is 11.5 Å². The van der Waals surface area contributed by atoms with E-state index in [4.69, 9.17) is 9.47 Å². The highest BCUT2D eigenvalue weighted by Gasteiger charge is 2.20. The average Bonchev–Trinajstić information content (AvgIpc) is 3.00. The maximum absolute atomic E-state index is 5.91. The van der Waals surface area contributed by atoms with Gasteiger partial charge in [-0.25, -0.2) is 4.98 Å². The number of halogens is 1. The van der Waals surface area contributed by atoms with Gasteiger partial charge in [-0.15, -0.1) is 35.3 Å². The lowest BCUT2D eigenvalue weighted by Gasteiger charge is -2.27. The molecule has 0 spiro atoms. The van der Waals surface area contributed by atoms with Crippen molar-refractivity contribution in [3.63, 3.8) is 0 Å². The van der Waals surface area contributed by atoms with Gasteiger partial charge in [-0.05, 0) is 19.1 Å². The Labute approximate surface area is 162 Å². The zero-order valence-corrected chi connectivity index (χ0v) is 16.8. The van der Waals surface area contributed by atoms with Gasteiger partial charge in [-0.3, -0.25) is 4.99 Å². The molecule has 1 aromatic carbocycles. The van der Waals surface area contributed by atoms with Gasteiger partial charge in [0.1, 0.15) is 12.7 Å². The molecule has 8 heteroatoms. The lowest BCUT2D eigenvalue weighted by atomic mass is 10.2. The molecule has 2 aromatic rings. The number of para-hydroxylation sites is 2. The molecule has 0 saturated carbocycles. The second-order valence-corrected chi connectivity index (χ2v) is 6.47. The quantitative estimate of drug-likeness (QED) is 0.417. The van der Waals surface area contributed by atoms with Gasteiger partial charge in [0.15, 0.2) is 17.5 Å². The summed E-state index contributed by atoms with van der Waals surface area (Å²) in [5, 5.41) is 7.60. The van der Waals surface area contributed by atoms with E-state index in [-0.39, 0.29) is 30.1 Å². The molecule has 0 aliphatic carbocycles. The number of guanidine groups is 1. The standard InChI is InChI=1S/C16H20N4O2S.HI/c1-11-18-8-13(23-11)9-20-16(17-2)19-7-12-10-21-14-5-3-4-6-15(14)22-12;/h3-6,8,12H,7,9-10H2,1-2H3,(H2,17,19,20);1H. The number of rotatable bonds is 4. The van der Waals surface area contributed by atoms with E-state index in [1.165, 1.54) is 4.88 Å². The predicted molar refractivity (Wildman–Crippen MR) is 107 cm³/mol. The average molecular weight is 460 g/mol.